The molecule has 0 spiro atoms. The molecular weight excluding hydrogens is 621 g/mol. The molecule has 0 radical (unpaired) electrons. The lowest BCUT2D eigenvalue weighted by Gasteiger charge is -2.19. The third-order valence-corrected chi connectivity index (χ3v) is 10.0. The van der Waals surface area contributed by atoms with Crippen molar-refractivity contribution in [1.82, 2.24) is 19.5 Å². The highest BCUT2D eigenvalue weighted by atomic mass is 32.2. The number of nitrogen functional groups attached to an aromatic ring is 1. The number of aromatic nitrogens is 4. The number of nitrogens with two attached hydrogens (primary N) is 1. The van der Waals surface area contributed by atoms with Crippen molar-refractivity contribution in [3.63, 3.8) is 0 Å². The zero-order valence-electron chi connectivity index (χ0n) is 20.4. The van der Waals surface area contributed by atoms with Gasteiger partial charge in [0.1, 0.15) is 23.8 Å². The van der Waals surface area contributed by atoms with Crippen LogP contribution in [0.5, 0.6) is 0 Å². The Morgan fingerprint density at radius 1 is 1.05 bits per heavy atom. The highest BCUT2D eigenvalue weighted by Gasteiger charge is 2.47. The molecule has 1 aliphatic rings. The van der Waals surface area contributed by atoms with Crippen LogP contribution in [0.2, 0.25) is 0 Å². The normalized spacial score (nSPS) is 24.5. The van der Waals surface area contributed by atoms with Crippen molar-refractivity contribution in [1.29, 1.82) is 5.26 Å². The van der Waals surface area contributed by atoms with Crippen molar-refractivity contribution >= 4 is 52.2 Å². The average molecular weight is 648 g/mol. The summed E-state index contributed by atoms with van der Waals surface area (Å²) in [5.74, 6) is 0.729. The zero-order chi connectivity index (χ0) is 29.7. The van der Waals surface area contributed by atoms with Gasteiger partial charge in [-0.25, -0.2) is 28.6 Å². The Balaban J connectivity index is 1.66. The van der Waals surface area contributed by atoms with Gasteiger partial charge in [0.05, 0.1) is 19.0 Å². The largest absolute Gasteiger partial charge is 0.490 e. The fourth-order valence-electron chi connectivity index (χ4n) is 3.56. The molecule has 0 amide bonds. The van der Waals surface area contributed by atoms with Gasteiger partial charge >= 0.3 is 23.5 Å². The molecule has 19 nitrogen and oxygen atoms in total. The smallest absolute Gasteiger partial charge is 0.387 e. The molecule has 0 aliphatic carbocycles. The van der Waals surface area contributed by atoms with Crippen molar-refractivity contribution in [3.05, 3.63) is 6.33 Å². The van der Waals surface area contributed by atoms with E-state index in [1.165, 1.54) is 22.7 Å². The van der Waals surface area contributed by atoms with Gasteiger partial charge in [-0.15, -0.1) is 0 Å². The summed E-state index contributed by atoms with van der Waals surface area (Å²) in [6, 6.07) is 2.10. The number of thioether (sulfide) groups is 1. The molecule has 23 heteroatoms. The summed E-state index contributed by atoms with van der Waals surface area (Å²) in [6.07, 6.45) is -0.897. The number of anilines is 1. The molecule has 224 valence electrons. The fourth-order valence-corrected chi connectivity index (χ4v) is 7.43. The van der Waals surface area contributed by atoms with E-state index in [4.69, 9.17) is 25.5 Å². The molecule has 6 atom stereocenters. The number of hydrogen-bond donors (Lipinski definition) is 7. The number of hydrogen-bond acceptors (Lipinski definition) is 15. The van der Waals surface area contributed by atoms with Crippen LogP contribution in [-0.2, 0) is 31.6 Å². The third kappa shape index (κ3) is 9.24. The van der Waals surface area contributed by atoms with E-state index in [1.807, 2.05) is 0 Å². The lowest BCUT2D eigenvalue weighted by molar-refractivity contribution is -0.0503. The first-order valence-electron chi connectivity index (χ1n) is 11.4. The molecule has 8 N–H and O–H groups in total. The molecule has 40 heavy (non-hydrogen) atoms. The molecule has 2 aromatic heterocycles. The molecule has 1 aliphatic heterocycles. The van der Waals surface area contributed by atoms with Crippen molar-refractivity contribution in [2.45, 2.75) is 61.8 Å². The van der Waals surface area contributed by atoms with E-state index in [9.17, 15) is 33.7 Å². The van der Waals surface area contributed by atoms with Crippen LogP contribution in [0, 0.1) is 11.3 Å². The molecule has 2 unspecified atom stereocenters. The Bertz CT molecular complexity index is 1370. The van der Waals surface area contributed by atoms with Crippen LogP contribution in [0.25, 0.3) is 11.2 Å². The first-order valence-corrected chi connectivity index (χ1v) is 16.9. The SMILES string of the molecule is N#CCCCCCCSc1nc(N)c2ncn([C@@H]3O[C@H](COP(=O)(O)OP(=O)(O)OP(=O)(O)O)[C@@H](O)[C@H]3O)c2n1. The maximum absolute atomic E-state index is 12.0. The van der Waals surface area contributed by atoms with Crippen molar-refractivity contribution in [2.75, 3.05) is 18.1 Å². The summed E-state index contributed by atoms with van der Waals surface area (Å²) in [5, 5.41) is 29.9. The summed E-state index contributed by atoms with van der Waals surface area (Å²) >= 11 is 1.33. The van der Waals surface area contributed by atoms with Crippen molar-refractivity contribution in [3.8, 4) is 6.07 Å². The number of fused-ring (bicyclic) bond motifs is 1. The summed E-state index contributed by atoms with van der Waals surface area (Å²) in [7, 11) is -16.8. The van der Waals surface area contributed by atoms with Gasteiger partial charge < -0.3 is 40.3 Å². The second-order valence-electron chi connectivity index (χ2n) is 8.32. The predicted molar refractivity (Wildman–Crippen MR) is 135 cm³/mol. The highest BCUT2D eigenvalue weighted by Crippen LogP contribution is 2.66. The van der Waals surface area contributed by atoms with Crippen molar-refractivity contribution in [2.24, 2.45) is 0 Å². The molecular formula is C17H27N6O13P3S. The van der Waals surface area contributed by atoms with E-state index >= 15 is 0 Å². The van der Waals surface area contributed by atoms with Crippen LogP contribution in [0.4, 0.5) is 5.82 Å². The molecule has 1 saturated heterocycles. The van der Waals surface area contributed by atoms with Gasteiger partial charge in [-0.3, -0.25) is 9.09 Å². The maximum atomic E-state index is 12.0. The second kappa shape index (κ2) is 13.6. The number of ether oxygens (including phenoxy) is 1. The number of rotatable bonds is 15. The number of phosphoric ester groups is 1. The van der Waals surface area contributed by atoms with E-state index in [-0.39, 0.29) is 17.0 Å². The van der Waals surface area contributed by atoms with Gasteiger partial charge in [-0.05, 0) is 12.8 Å². The monoisotopic (exact) mass is 648 g/mol. The molecule has 0 saturated carbocycles. The Kier molecular flexibility index (Phi) is 11.2. The quantitative estimate of drug-likeness (QED) is 0.0611. The molecule has 3 heterocycles. The molecule has 3 rings (SSSR count). The number of unbranched alkanes of at least 4 members (excludes halogenated alkanes) is 4. The lowest BCUT2D eigenvalue weighted by atomic mass is 10.1. The van der Waals surface area contributed by atoms with E-state index in [2.05, 4.69) is 34.2 Å². The van der Waals surface area contributed by atoms with Crippen LogP contribution in [0.3, 0.4) is 0 Å². The van der Waals surface area contributed by atoms with Gasteiger partial charge in [0.15, 0.2) is 22.8 Å². The minimum Gasteiger partial charge on any atom is -0.387 e. The van der Waals surface area contributed by atoms with Gasteiger partial charge in [0, 0.05) is 12.2 Å². The Hall–Kier alpha value is -1.52. The number of nitrogens with zero attached hydrogens (tertiary/aromatic N) is 5. The molecule has 1 fully saturated rings. The van der Waals surface area contributed by atoms with Crippen LogP contribution in [0.15, 0.2) is 11.5 Å². The summed E-state index contributed by atoms with van der Waals surface area (Å²) in [5.41, 5.74) is 6.35. The molecule has 0 aromatic carbocycles. The average Bonchev–Trinajstić information content (AvgIpc) is 3.36. The summed E-state index contributed by atoms with van der Waals surface area (Å²) < 4.78 is 52.7. The zero-order valence-corrected chi connectivity index (χ0v) is 23.9. The lowest BCUT2D eigenvalue weighted by Crippen LogP contribution is -2.33. The first-order chi connectivity index (χ1) is 18.6. The van der Waals surface area contributed by atoms with Gasteiger partial charge in [-0.2, -0.15) is 13.9 Å². The van der Waals surface area contributed by atoms with E-state index in [0.717, 1.165) is 25.7 Å². The van der Waals surface area contributed by atoms with Crippen LogP contribution >= 0.6 is 35.2 Å². The van der Waals surface area contributed by atoms with E-state index in [0.29, 0.717) is 17.3 Å². The number of aliphatic hydroxyl groups is 2. The number of aliphatic hydroxyl groups excluding tert-OH is 2. The van der Waals surface area contributed by atoms with Crippen LogP contribution < -0.4 is 5.73 Å². The minimum atomic E-state index is -5.74. The van der Waals surface area contributed by atoms with E-state index in [1.54, 1.807) is 0 Å². The predicted octanol–water partition coefficient (Wildman–Crippen LogP) is 0.937. The second-order valence-corrected chi connectivity index (χ2v) is 13.8. The molecule has 0 bridgehead atoms. The van der Waals surface area contributed by atoms with Crippen LogP contribution in [-0.4, -0.2) is 80.0 Å². The highest BCUT2D eigenvalue weighted by molar-refractivity contribution is 7.99. The number of nitriles is 1. The third-order valence-electron chi connectivity index (χ3n) is 5.27. The Morgan fingerprint density at radius 2 is 1.75 bits per heavy atom. The Labute approximate surface area is 230 Å². The van der Waals surface area contributed by atoms with Gasteiger partial charge in [-0.1, -0.05) is 24.6 Å². The first kappa shape index (κ1) is 33.0. The standard InChI is InChI=1S/C17H27N6O13P3S/c18-6-4-2-1-3-5-7-40-17-21-14(19)11-15(22-17)23(9-20-11)16-13(25)12(24)10(34-16)8-33-38(29,30)36-39(31,32)35-37(26,27)28/h9-10,12-13,16,24-25H,1-5,7-8H2,(H,29,30)(H,31,32)(H2,19,21,22)(H2,26,27,28)/t10-,12-,13-,16-/m1/s1. The number of imidazole rings is 1. The fraction of sp³-hybridized carbons (Fsp3) is 0.647. The van der Waals surface area contributed by atoms with Crippen molar-refractivity contribution < 1.29 is 61.4 Å². The topological polar surface area (TPSA) is 303 Å². The van der Waals surface area contributed by atoms with E-state index < -0.39 is 54.6 Å². The Morgan fingerprint density at radius 3 is 2.42 bits per heavy atom. The van der Waals surface area contributed by atoms with Crippen LogP contribution in [0.1, 0.15) is 38.3 Å². The maximum Gasteiger partial charge on any atom is 0.490 e. The van der Waals surface area contributed by atoms with Gasteiger partial charge in [0.2, 0.25) is 0 Å². The summed E-state index contributed by atoms with van der Waals surface area (Å²) in [4.78, 5) is 48.8. The summed E-state index contributed by atoms with van der Waals surface area (Å²) in [6.45, 7) is -0.975. The minimum absolute atomic E-state index is 0.0533. The van der Waals surface area contributed by atoms with Gasteiger partial charge in [0.25, 0.3) is 0 Å². The number of phosphoric acid groups is 3. The molecule has 2 aromatic rings.